The van der Waals surface area contributed by atoms with Gasteiger partial charge in [0.15, 0.2) is 11.5 Å². The third-order valence-electron chi connectivity index (χ3n) is 5.36. The molecule has 0 spiro atoms. The number of aryl methyl sites for hydroxylation is 1. The van der Waals surface area contributed by atoms with Crippen molar-refractivity contribution in [3.63, 3.8) is 0 Å². The fourth-order valence-electron chi connectivity index (χ4n) is 3.68. The predicted molar refractivity (Wildman–Crippen MR) is 113 cm³/mol. The highest BCUT2D eigenvalue weighted by atomic mass is 16.5. The summed E-state index contributed by atoms with van der Waals surface area (Å²) in [5, 5.41) is 13.8. The highest BCUT2D eigenvalue weighted by Gasteiger charge is 2.15. The molecule has 1 aromatic carbocycles. The summed E-state index contributed by atoms with van der Waals surface area (Å²) >= 11 is 0. The van der Waals surface area contributed by atoms with Crippen molar-refractivity contribution in [2.24, 2.45) is 7.05 Å². The van der Waals surface area contributed by atoms with E-state index < -0.39 is 6.10 Å². The van der Waals surface area contributed by atoms with Gasteiger partial charge in [0, 0.05) is 32.5 Å². The molecule has 1 aliphatic rings. The number of nitrogens with zero attached hydrogens (tertiary/aromatic N) is 3. The molecule has 160 valence electrons. The molecule has 2 N–H and O–H groups in total. The zero-order valence-corrected chi connectivity index (χ0v) is 17.6. The van der Waals surface area contributed by atoms with E-state index in [1.807, 2.05) is 36.0 Å². The van der Waals surface area contributed by atoms with Gasteiger partial charge >= 0.3 is 0 Å². The minimum atomic E-state index is -0.503. The lowest BCUT2D eigenvalue weighted by molar-refractivity contribution is 0.0683. The van der Waals surface area contributed by atoms with E-state index in [4.69, 9.17) is 9.47 Å². The number of rotatable bonds is 10. The molecule has 29 heavy (non-hydrogen) atoms. The maximum Gasteiger partial charge on any atom is 0.161 e. The van der Waals surface area contributed by atoms with E-state index in [9.17, 15) is 5.11 Å². The lowest BCUT2D eigenvalue weighted by Crippen LogP contribution is -2.36. The van der Waals surface area contributed by atoms with Crippen LogP contribution in [0.5, 0.6) is 11.5 Å². The van der Waals surface area contributed by atoms with Gasteiger partial charge in [0.2, 0.25) is 0 Å². The van der Waals surface area contributed by atoms with Gasteiger partial charge in [0.05, 0.1) is 13.7 Å². The molecule has 0 aliphatic carbocycles. The Morgan fingerprint density at radius 1 is 1.14 bits per heavy atom. The molecule has 2 aromatic rings. The maximum absolute atomic E-state index is 10.4. The lowest BCUT2D eigenvalue weighted by Gasteiger charge is -2.23. The highest BCUT2D eigenvalue weighted by molar-refractivity contribution is 5.43. The van der Waals surface area contributed by atoms with Crippen molar-refractivity contribution in [1.29, 1.82) is 0 Å². The Morgan fingerprint density at radius 3 is 2.62 bits per heavy atom. The first-order valence-electron chi connectivity index (χ1n) is 10.5. The quantitative estimate of drug-likeness (QED) is 0.636. The van der Waals surface area contributed by atoms with Crippen LogP contribution < -0.4 is 14.8 Å². The SMILES string of the molecule is COc1cc(CNCc2nccn2C)ccc1OCC(O)CN1CCCCCC1. The van der Waals surface area contributed by atoms with Crippen LogP contribution in [0.15, 0.2) is 30.6 Å². The predicted octanol–water partition coefficient (Wildman–Crippen LogP) is 2.33. The highest BCUT2D eigenvalue weighted by Crippen LogP contribution is 2.28. The Balaban J connectivity index is 1.47. The number of aromatic nitrogens is 2. The van der Waals surface area contributed by atoms with Gasteiger partial charge in [-0.05, 0) is 43.6 Å². The van der Waals surface area contributed by atoms with Crippen LogP contribution in [0.1, 0.15) is 37.1 Å². The van der Waals surface area contributed by atoms with Crippen LogP contribution >= 0.6 is 0 Å². The number of β-amino-alcohol motifs (C(OH)–C–C–N with tert-alkyl or cyclic N) is 1. The summed E-state index contributed by atoms with van der Waals surface area (Å²) in [5.74, 6) is 2.34. The normalized spacial score (nSPS) is 16.4. The topological polar surface area (TPSA) is 71.8 Å². The number of nitrogens with one attached hydrogen (secondary N) is 1. The summed E-state index contributed by atoms with van der Waals surface area (Å²) in [6, 6.07) is 5.90. The molecule has 1 saturated heterocycles. The molecule has 1 atom stereocenters. The summed E-state index contributed by atoms with van der Waals surface area (Å²) in [7, 11) is 3.63. The van der Waals surface area contributed by atoms with Crippen LogP contribution in [-0.2, 0) is 20.1 Å². The van der Waals surface area contributed by atoms with E-state index >= 15 is 0 Å². The van der Waals surface area contributed by atoms with Crippen LogP contribution in [0.25, 0.3) is 0 Å². The molecule has 0 saturated carbocycles. The van der Waals surface area contributed by atoms with E-state index in [0.717, 1.165) is 24.5 Å². The van der Waals surface area contributed by atoms with Crippen LogP contribution in [0, 0.1) is 0 Å². The molecule has 7 nitrogen and oxygen atoms in total. The van der Waals surface area contributed by atoms with Crippen molar-refractivity contribution in [2.45, 2.75) is 44.9 Å². The van der Waals surface area contributed by atoms with E-state index in [0.29, 0.717) is 31.1 Å². The third-order valence-corrected chi connectivity index (χ3v) is 5.36. The number of likely N-dealkylation sites (tertiary alicyclic amines) is 1. The standard InChI is InChI=1S/C22H34N4O3/c1-25-12-9-24-22(25)15-23-14-18-7-8-20(21(13-18)28-2)29-17-19(27)16-26-10-5-3-4-6-11-26/h7-9,12-13,19,23,27H,3-6,10-11,14-17H2,1-2H3. The smallest absolute Gasteiger partial charge is 0.161 e. The molecular formula is C22H34N4O3. The first-order valence-corrected chi connectivity index (χ1v) is 10.5. The second kappa shape index (κ2) is 11.2. The first-order chi connectivity index (χ1) is 14.2. The Kier molecular flexibility index (Phi) is 8.34. The molecule has 0 amide bonds. The lowest BCUT2D eigenvalue weighted by atomic mass is 10.2. The van der Waals surface area contributed by atoms with Crippen molar-refractivity contribution in [3.8, 4) is 11.5 Å². The molecule has 1 fully saturated rings. The molecule has 1 aromatic heterocycles. The van der Waals surface area contributed by atoms with Gasteiger partial charge in [-0.2, -0.15) is 0 Å². The second-order valence-corrected chi connectivity index (χ2v) is 7.72. The number of hydrogen-bond acceptors (Lipinski definition) is 6. The Hall–Kier alpha value is -2.09. The molecule has 2 heterocycles. The van der Waals surface area contributed by atoms with Gasteiger partial charge in [0.25, 0.3) is 0 Å². The van der Waals surface area contributed by atoms with Crippen LogP contribution in [0.2, 0.25) is 0 Å². The van der Waals surface area contributed by atoms with E-state index in [1.165, 1.54) is 25.7 Å². The Bertz CT molecular complexity index is 741. The number of imidazole rings is 1. The van der Waals surface area contributed by atoms with Crippen molar-refractivity contribution < 1.29 is 14.6 Å². The summed E-state index contributed by atoms with van der Waals surface area (Å²) in [6.45, 7) is 4.48. The molecule has 1 unspecified atom stereocenters. The number of benzene rings is 1. The van der Waals surface area contributed by atoms with Gasteiger partial charge in [0.1, 0.15) is 18.5 Å². The summed E-state index contributed by atoms with van der Waals surface area (Å²) < 4.78 is 13.4. The van der Waals surface area contributed by atoms with E-state index in [-0.39, 0.29) is 6.61 Å². The fraction of sp³-hybridized carbons (Fsp3) is 0.591. The van der Waals surface area contributed by atoms with Crippen molar-refractivity contribution in [3.05, 3.63) is 42.0 Å². The molecular weight excluding hydrogens is 368 g/mol. The maximum atomic E-state index is 10.4. The molecule has 0 bridgehead atoms. The molecule has 3 rings (SSSR count). The van der Waals surface area contributed by atoms with E-state index in [2.05, 4.69) is 15.2 Å². The molecule has 7 heteroatoms. The van der Waals surface area contributed by atoms with Gasteiger partial charge in [-0.3, -0.25) is 0 Å². The second-order valence-electron chi connectivity index (χ2n) is 7.72. The summed E-state index contributed by atoms with van der Waals surface area (Å²) in [4.78, 5) is 6.65. The molecule has 0 radical (unpaired) electrons. The van der Waals surface area contributed by atoms with Gasteiger partial charge < -0.3 is 29.4 Å². The first kappa shape index (κ1) is 21.6. The minimum absolute atomic E-state index is 0.267. The fourth-order valence-corrected chi connectivity index (χ4v) is 3.68. The van der Waals surface area contributed by atoms with Gasteiger partial charge in [-0.25, -0.2) is 4.98 Å². The van der Waals surface area contributed by atoms with Crippen LogP contribution in [0.4, 0.5) is 0 Å². The summed E-state index contributed by atoms with van der Waals surface area (Å²) in [6.07, 6.45) is 8.26. The number of hydrogen-bond donors (Lipinski definition) is 2. The number of methoxy groups -OCH3 is 1. The van der Waals surface area contributed by atoms with Crippen LogP contribution in [-0.4, -0.2) is 59.0 Å². The average Bonchev–Trinajstić information content (AvgIpc) is 2.97. The zero-order valence-electron chi connectivity index (χ0n) is 17.6. The number of aliphatic hydroxyl groups excluding tert-OH is 1. The average molecular weight is 403 g/mol. The minimum Gasteiger partial charge on any atom is -0.493 e. The third kappa shape index (κ3) is 6.73. The van der Waals surface area contributed by atoms with Crippen molar-refractivity contribution in [2.75, 3.05) is 33.4 Å². The van der Waals surface area contributed by atoms with Crippen LogP contribution in [0.3, 0.4) is 0 Å². The Morgan fingerprint density at radius 2 is 1.93 bits per heavy atom. The van der Waals surface area contributed by atoms with E-state index in [1.54, 1.807) is 13.3 Å². The number of ether oxygens (including phenoxy) is 2. The van der Waals surface area contributed by atoms with Gasteiger partial charge in [-0.1, -0.05) is 18.9 Å². The Labute approximate surface area is 173 Å². The van der Waals surface area contributed by atoms with Gasteiger partial charge in [-0.15, -0.1) is 0 Å². The zero-order chi connectivity index (χ0) is 20.5. The van der Waals surface area contributed by atoms with Crippen molar-refractivity contribution in [1.82, 2.24) is 19.8 Å². The number of aliphatic hydroxyl groups is 1. The molecule has 1 aliphatic heterocycles. The largest absolute Gasteiger partial charge is 0.493 e. The van der Waals surface area contributed by atoms with Crippen molar-refractivity contribution >= 4 is 0 Å². The summed E-state index contributed by atoms with van der Waals surface area (Å²) in [5.41, 5.74) is 1.11. The monoisotopic (exact) mass is 402 g/mol.